The Morgan fingerprint density at radius 2 is 1.69 bits per heavy atom. The van der Waals surface area contributed by atoms with Crippen LogP contribution in [-0.4, -0.2) is 57.2 Å². The normalized spacial score (nSPS) is 16.7. The largest absolute Gasteiger partial charge is 0.454 e. The number of urea groups is 1. The van der Waals surface area contributed by atoms with Gasteiger partial charge in [-0.2, -0.15) is 0 Å². The number of sulfonamides is 1. The number of ether oxygens (including phenoxy) is 2. The summed E-state index contributed by atoms with van der Waals surface area (Å²) in [7, 11) is -3.75. The van der Waals surface area contributed by atoms with E-state index < -0.39 is 10.0 Å². The molecule has 10 heteroatoms. The van der Waals surface area contributed by atoms with Crippen LogP contribution in [0.2, 0.25) is 0 Å². The van der Waals surface area contributed by atoms with Gasteiger partial charge >= 0.3 is 6.03 Å². The van der Waals surface area contributed by atoms with Crippen LogP contribution in [0.5, 0.6) is 11.5 Å². The van der Waals surface area contributed by atoms with Crippen molar-refractivity contribution in [3.05, 3.63) is 48.0 Å². The maximum Gasteiger partial charge on any atom is 0.321 e. The van der Waals surface area contributed by atoms with Crippen molar-refractivity contribution in [3.63, 3.8) is 0 Å². The Hall–Kier alpha value is -2.82. The van der Waals surface area contributed by atoms with Gasteiger partial charge in [0.25, 0.3) is 0 Å². The molecule has 2 aromatic rings. The van der Waals surface area contributed by atoms with Crippen LogP contribution in [0.4, 0.5) is 10.5 Å². The Kier molecular flexibility index (Phi) is 5.31. The minimum atomic E-state index is -3.75. The maximum absolute atomic E-state index is 12.5. The third-order valence-electron chi connectivity index (χ3n) is 4.94. The first-order valence-electron chi connectivity index (χ1n) is 9.18. The molecule has 154 valence electrons. The molecule has 0 bridgehead atoms. The second-order valence-corrected chi connectivity index (χ2v) is 8.51. The summed E-state index contributed by atoms with van der Waals surface area (Å²) >= 11 is 0. The first-order valence-corrected chi connectivity index (χ1v) is 10.7. The molecule has 2 aliphatic rings. The highest BCUT2D eigenvalue weighted by atomic mass is 32.2. The van der Waals surface area contributed by atoms with Crippen LogP contribution in [0.15, 0.2) is 47.4 Å². The van der Waals surface area contributed by atoms with Gasteiger partial charge in [0.2, 0.25) is 16.8 Å². The van der Waals surface area contributed by atoms with Crippen LogP contribution in [0.1, 0.15) is 5.56 Å². The molecule has 0 spiro atoms. The van der Waals surface area contributed by atoms with Gasteiger partial charge in [-0.25, -0.2) is 18.4 Å². The van der Waals surface area contributed by atoms with Crippen molar-refractivity contribution in [2.75, 3.05) is 38.3 Å². The number of fused-ring (bicyclic) bond motifs is 1. The number of hydrogen-bond donors (Lipinski definition) is 2. The molecule has 2 amide bonds. The lowest BCUT2D eigenvalue weighted by Gasteiger charge is -2.34. The van der Waals surface area contributed by atoms with Crippen LogP contribution in [-0.2, 0) is 16.6 Å². The molecule has 4 rings (SSSR count). The van der Waals surface area contributed by atoms with Gasteiger partial charge in [0.15, 0.2) is 11.5 Å². The van der Waals surface area contributed by atoms with E-state index in [0.29, 0.717) is 18.8 Å². The topological polar surface area (TPSA) is 114 Å². The van der Waals surface area contributed by atoms with E-state index in [1.54, 1.807) is 4.90 Å². The fourth-order valence-electron chi connectivity index (χ4n) is 3.34. The van der Waals surface area contributed by atoms with Crippen molar-refractivity contribution in [1.82, 2.24) is 9.80 Å². The molecule has 0 radical (unpaired) electrons. The number of rotatable bonds is 4. The second kappa shape index (κ2) is 7.90. The Bertz CT molecular complexity index is 1000. The quantitative estimate of drug-likeness (QED) is 0.776. The Labute approximate surface area is 169 Å². The van der Waals surface area contributed by atoms with Crippen LogP contribution in [0, 0.1) is 0 Å². The summed E-state index contributed by atoms with van der Waals surface area (Å²) in [4.78, 5) is 16.5. The van der Waals surface area contributed by atoms with E-state index in [2.05, 4.69) is 10.2 Å². The number of anilines is 1. The van der Waals surface area contributed by atoms with Crippen molar-refractivity contribution in [3.8, 4) is 11.5 Å². The Morgan fingerprint density at radius 3 is 2.38 bits per heavy atom. The molecule has 0 saturated carbocycles. The molecule has 2 heterocycles. The first kappa shape index (κ1) is 19.5. The lowest BCUT2D eigenvalue weighted by molar-refractivity contribution is 0.143. The van der Waals surface area contributed by atoms with Gasteiger partial charge in [-0.1, -0.05) is 6.07 Å². The Balaban J connectivity index is 1.28. The van der Waals surface area contributed by atoms with Crippen LogP contribution in [0.3, 0.4) is 0 Å². The molecule has 0 atom stereocenters. The van der Waals surface area contributed by atoms with E-state index >= 15 is 0 Å². The minimum absolute atomic E-state index is 0.00707. The van der Waals surface area contributed by atoms with Gasteiger partial charge in [-0.15, -0.1) is 0 Å². The molecule has 3 N–H and O–H groups in total. The molecule has 0 aromatic heterocycles. The van der Waals surface area contributed by atoms with Crippen LogP contribution >= 0.6 is 0 Å². The number of amides is 2. The molecular formula is C19H22N4O5S. The van der Waals surface area contributed by atoms with Crippen LogP contribution in [0.25, 0.3) is 0 Å². The Morgan fingerprint density at radius 1 is 1.00 bits per heavy atom. The average Bonchev–Trinajstić information content (AvgIpc) is 3.16. The first-order chi connectivity index (χ1) is 13.9. The van der Waals surface area contributed by atoms with Gasteiger partial charge in [-0.3, -0.25) is 4.90 Å². The van der Waals surface area contributed by atoms with Gasteiger partial charge in [-0.05, 0) is 42.0 Å². The number of nitrogens with two attached hydrogens (primary N) is 1. The van der Waals surface area contributed by atoms with Gasteiger partial charge in [0, 0.05) is 38.4 Å². The minimum Gasteiger partial charge on any atom is -0.454 e. The number of hydrogen-bond acceptors (Lipinski definition) is 6. The zero-order chi connectivity index (χ0) is 20.4. The standard InChI is InChI=1S/C19H22N4O5S/c20-29(25,26)16-4-2-15(3-5-16)21-19(24)23-9-7-22(8-10-23)12-14-1-6-17-18(11-14)28-13-27-17/h1-6,11H,7-10,12-13H2,(H,21,24)(H2,20,25,26). The van der Waals surface area contributed by atoms with Crippen molar-refractivity contribution < 1.29 is 22.7 Å². The van der Waals surface area contributed by atoms with Gasteiger partial charge in [0.1, 0.15) is 0 Å². The van der Waals surface area contributed by atoms with Crippen molar-refractivity contribution >= 4 is 21.7 Å². The SMILES string of the molecule is NS(=O)(=O)c1ccc(NC(=O)N2CCN(Cc3ccc4c(c3)OCO4)CC2)cc1. The summed E-state index contributed by atoms with van der Waals surface area (Å²) in [5.74, 6) is 1.54. The third kappa shape index (κ3) is 4.61. The molecular weight excluding hydrogens is 396 g/mol. The highest BCUT2D eigenvalue weighted by molar-refractivity contribution is 7.89. The summed E-state index contributed by atoms with van der Waals surface area (Å²) in [5, 5.41) is 7.86. The zero-order valence-electron chi connectivity index (χ0n) is 15.7. The highest BCUT2D eigenvalue weighted by Crippen LogP contribution is 2.32. The molecule has 1 saturated heterocycles. The predicted molar refractivity (Wildman–Crippen MR) is 106 cm³/mol. The van der Waals surface area contributed by atoms with E-state index in [1.807, 2.05) is 18.2 Å². The number of nitrogens with one attached hydrogen (secondary N) is 1. The smallest absolute Gasteiger partial charge is 0.321 e. The average molecular weight is 418 g/mol. The predicted octanol–water partition coefficient (Wildman–Crippen LogP) is 1.41. The van der Waals surface area contributed by atoms with Crippen molar-refractivity contribution in [1.29, 1.82) is 0 Å². The maximum atomic E-state index is 12.5. The summed E-state index contributed by atoms with van der Waals surface area (Å²) in [6.45, 7) is 3.76. The van der Waals surface area contributed by atoms with E-state index in [9.17, 15) is 13.2 Å². The van der Waals surface area contributed by atoms with Crippen molar-refractivity contribution in [2.24, 2.45) is 5.14 Å². The fourth-order valence-corrected chi connectivity index (χ4v) is 3.85. The zero-order valence-corrected chi connectivity index (χ0v) is 16.5. The summed E-state index contributed by atoms with van der Waals surface area (Å²) in [5.41, 5.74) is 1.66. The summed E-state index contributed by atoms with van der Waals surface area (Å²) < 4.78 is 33.3. The monoisotopic (exact) mass is 418 g/mol. The molecule has 9 nitrogen and oxygen atoms in total. The number of piperazine rings is 1. The molecule has 29 heavy (non-hydrogen) atoms. The second-order valence-electron chi connectivity index (χ2n) is 6.95. The van der Waals surface area contributed by atoms with E-state index in [4.69, 9.17) is 14.6 Å². The van der Waals surface area contributed by atoms with Gasteiger partial charge < -0.3 is 19.7 Å². The number of carbonyl (C=O) groups excluding carboxylic acids is 1. The summed E-state index contributed by atoms with van der Waals surface area (Å²) in [6, 6.07) is 11.5. The lowest BCUT2D eigenvalue weighted by Crippen LogP contribution is -2.49. The molecule has 0 aliphatic carbocycles. The highest BCUT2D eigenvalue weighted by Gasteiger charge is 2.22. The van der Waals surface area contributed by atoms with Gasteiger partial charge in [0.05, 0.1) is 4.90 Å². The van der Waals surface area contributed by atoms with E-state index in [0.717, 1.165) is 36.7 Å². The van der Waals surface area contributed by atoms with Crippen LogP contribution < -0.4 is 19.9 Å². The fraction of sp³-hybridized carbons (Fsp3) is 0.316. The molecule has 2 aromatic carbocycles. The van der Waals surface area contributed by atoms with E-state index in [-0.39, 0.29) is 17.7 Å². The number of primary sulfonamides is 1. The molecule has 2 aliphatic heterocycles. The third-order valence-corrected chi connectivity index (χ3v) is 5.87. The number of nitrogens with zero attached hydrogens (tertiary/aromatic N) is 2. The number of carbonyl (C=O) groups is 1. The summed E-state index contributed by atoms with van der Waals surface area (Å²) in [6.07, 6.45) is 0. The van der Waals surface area contributed by atoms with E-state index in [1.165, 1.54) is 24.3 Å². The molecule has 1 fully saturated rings. The molecule has 0 unspecified atom stereocenters. The van der Waals surface area contributed by atoms with Crippen molar-refractivity contribution in [2.45, 2.75) is 11.4 Å². The number of benzene rings is 2. The lowest BCUT2D eigenvalue weighted by atomic mass is 10.1.